The maximum Gasteiger partial charge on any atom is 0.244 e. The number of hydrogen-bond acceptors (Lipinski definition) is 3. The zero-order valence-electron chi connectivity index (χ0n) is 15.1. The van der Waals surface area contributed by atoms with Gasteiger partial charge in [-0.1, -0.05) is 18.2 Å². The van der Waals surface area contributed by atoms with Gasteiger partial charge in [0.2, 0.25) is 5.91 Å². The largest absolute Gasteiger partial charge is 0.456 e. The molecule has 1 aromatic heterocycles. The van der Waals surface area contributed by atoms with Gasteiger partial charge in [-0.3, -0.25) is 9.78 Å². The second-order valence-electron chi connectivity index (χ2n) is 6.10. The highest BCUT2D eigenvalue weighted by atomic mass is 19.2. The van der Waals surface area contributed by atoms with E-state index >= 15 is 0 Å². The van der Waals surface area contributed by atoms with Gasteiger partial charge in [0.15, 0.2) is 11.6 Å². The lowest BCUT2D eigenvalue weighted by atomic mass is 10.1. The van der Waals surface area contributed by atoms with Crippen molar-refractivity contribution in [3.8, 4) is 11.5 Å². The Hall–Kier alpha value is -3.54. The van der Waals surface area contributed by atoms with Crippen LogP contribution in [0.2, 0.25) is 0 Å². The lowest BCUT2D eigenvalue weighted by Crippen LogP contribution is -2.24. The molecule has 0 aliphatic carbocycles. The Morgan fingerprint density at radius 2 is 1.89 bits per heavy atom. The van der Waals surface area contributed by atoms with Crippen LogP contribution in [0.15, 0.2) is 73.1 Å². The van der Waals surface area contributed by atoms with E-state index in [1.54, 1.807) is 24.5 Å². The van der Waals surface area contributed by atoms with Crippen LogP contribution in [-0.2, 0) is 4.79 Å². The van der Waals surface area contributed by atoms with Gasteiger partial charge < -0.3 is 10.1 Å². The number of amides is 1. The minimum Gasteiger partial charge on any atom is -0.456 e. The van der Waals surface area contributed by atoms with Gasteiger partial charge in [0, 0.05) is 12.3 Å². The molecule has 1 heterocycles. The first-order valence-electron chi connectivity index (χ1n) is 8.63. The van der Waals surface area contributed by atoms with Crippen LogP contribution in [0.5, 0.6) is 11.5 Å². The summed E-state index contributed by atoms with van der Waals surface area (Å²) in [6.07, 6.45) is 5.97. The second kappa shape index (κ2) is 8.90. The van der Waals surface area contributed by atoms with Gasteiger partial charge >= 0.3 is 0 Å². The van der Waals surface area contributed by atoms with Crippen molar-refractivity contribution in [1.29, 1.82) is 0 Å². The monoisotopic (exact) mass is 380 g/mol. The molecular formula is C22H18F2N2O2. The zero-order valence-corrected chi connectivity index (χ0v) is 15.1. The molecule has 0 radical (unpaired) electrons. The van der Waals surface area contributed by atoms with Gasteiger partial charge in [-0.05, 0) is 60.5 Å². The molecule has 4 nitrogen and oxygen atoms in total. The third-order valence-electron chi connectivity index (χ3n) is 3.96. The fourth-order valence-corrected chi connectivity index (χ4v) is 2.52. The van der Waals surface area contributed by atoms with Crippen molar-refractivity contribution in [3.63, 3.8) is 0 Å². The summed E-state index contributed by atoms with van der Waals surface area (Å²) in [7, 11) is 0. The van der Waals surface area contributed by atoms with Gasteiger partial charge in [0.1, 0.15) is 11.5 Å². The highest BCUT2D eigenvalue weighted by Crippen LogP contribution is 2.24. The Balaban J connectivity index is 1.62. The summed E-state index contributed by atoms with van der Waals surface area (Å²) in [6, 6.07) is 14.1. The van der Waals surface area contributed by atoms with E-state index in [2.05, 4.69) is 10.3 Å². The van der Waals surface area contributed by atoms with E-state index in [4.69, 9.17) is 4.74 Å². The summed E-state index contributed by atoms with van der Waals surface area (Å²) in [4.78, 5) is 16.1. The summed E-state index contributed by atoms with van der Waals surface area (Å²) in [5.74, 6) is -0.990. The van der Waals surface area contributed by atoms with Gasteiger partial charge in [0.05, 0.1) is 12.2 Å². The van der Waals surface area contributed by atoms with Gasteiger partial charge in [-0.25, -0.2) is 8.78 Å². The Bertz CT molecular complexity index is 991. The number of hydrogen-bond donors (Lipinski definition) is 1. The number of nitrogens with zero attached hydrogens (tertiary/aromatic N) is 1. The molecular weight excluding hydrogens is 362 g/mol. The molecule has 0 spiro atoms. The molecule has 0 aliphatic rings. The molecule has 1 N–H and O–H groups in total. The third kappa shape index (κ3) is 5.23. The topological polar surface area (TPSA) is 51.2 Å². The quantitative estimate of drug-likeness (QED) is 0.610. The van der Waals surface area contributed by atoms with Crippen molar-refractivity contribution in [2.75, 3.05) is 0 Å². The standard InChI is InChI=1S/C22H18F2N2O2/c1-15(26-22(27)10-8-16-7-9-20(23)21(24)12-16)17-4-2-5-18(13-17)28-19-6-3-11-25-14-19/h2-15H,1H3,(H,26,27)/b10-8+/t15-/m0/s1. The molecule has 6 heteroatoms. The van der Waals surface area contributed by atoms with Crippen molar-refractivity contribution in [2.24, 2.45) is 0 Å². The molecule has 0 fully saturated rings. The van der Waals surface area contributed by atoms with E-state index in [1.165, 1.54) is 18.2 Å². The molecule has 0 unspecified atom stereocenters. The minimum absolute atomic E-state index is 0.278. The second-order valence-corrected chi connectivity index (χ2v) is 6.10. The van der Waals surface area contributed by atoms with Crippen LogP contribution >= 0.6 is 0 Å². The Morgan fingerprint density at radius 1 is 1.07 bits per heavy atom. The van der Waals surface area contributed by atoms with Crippen LogP contribution in [0.25, 0.3) is 6.08 Å². The van der Waals surface area contributed by atoms with Crippen LogP contribution in [0.4, 0.5) is 8.78 Å². The maximum atomic E-state index is 13.2. The van der Waals surface area contributed by atoms with Crippen molar-refractivity contribution in [3.05, 3.63) is 95.8 Å². The molecule has 0 aliphatic heterocycles. The minimum atomic E-state index is -0.957. The van der Waals surface area contributed by atoms with E-state index in [9.17, 15) is 13.6 Å². The summed E-state index contributed by atoms with van der Waals surface area (Å²) < 4.78 is 31.9. The molecule has 0 saturated carbocycles. The lowest BCUT2D eigenvalue weighted by molar-refractivity contribution is -0.117. The number of carbonyl (C=O) groups is 1. The first-order chi connectivity index (χ1) is 13.5. The Morgan fingerprint density at radius 3 is 2.64 bits per heavy atom. The molecule has 3 rings (SSSR count). The SMILES string of the molecule is C[C@H](NC(=O)/C=C/c1ccc(F)c(F)c1)c1cccc(Oc2cccnc2)c1. The maximum absolute atomic E-state index is 13.2. The van der Waals surface area contributed by atoms with Crippen molar-refractivity contribution in [1.82, 2.24) is 10.3 Å². The van der Waals surface area contributed by atoms with Crippen LogP contribution in [-0.4, -0.2) is 10.9 Å². The van der Waals surface area contributed by atoms with Crippen LogP contribution in [0.1, 0.15) is 24.1 Å². The number of rotatable bonds is 6. The van der Waals surface area contributed by atoms with Crippen LogP contribution in [0, 0.1) is 11.6 Å². The Labute approximate surface area is 161 Å². The van der Waals surface area contributed by atoms with E-state index in [1.807, 2.05) is 31.2 Å². The highest BCUT2D eigenvalue weighted by molar-refractivity contribution is 5.91. The van der Waals surface area contributed by atoms with E-state index < -0.39 is 11.6 Å². The predicted octanol–water partition coefficient (Wildman–Crippen LogP) is 5.04. The molecule has 0 bridgehead atoms. The number of aromatic nitrogens is 1. The number of nitrogens with one attached hydrogen (secondary N) is 1. The summed E-state index contributed by atoms with van der Waals surface area (Å²) in [6.45, 7) is 1.84. The molecule has 2 aromatic carbocycles. The number of carbonyl (C=O) groups excluding carboxylic acids is 1. The number of halogens is 2. The first kappa shape index (κ1) is 19.2. The number of benzene rings is 2. The molecule has 28 heavy (non-hydrogen) atoms. The highest BCUT2D eigenvalue weighted by Gasteiger charge is 2.09. The third-order valence-corrected chi connectivity index (χ3v) is 3.96. The Kier molecular flexibility index (Phi) is 6.11. The van der Waals surface area contributed by atoms with Gasteiger partial charge in [-0.2, -0.15) is 0 Å². The first-order valence-corrected chi connectivity index (χ1v) is 8.63. The van der Waals surface area contributed by atoms with E-state index in [0.717, 1.165) is 17.7 Å². The molecule has 142 valence electrons. The van der Waals surface area contributed by atoms with Crippen molar-refractivity contribution in [2.45, 2.75) is 13.0 Å². The fraction of sp³-hybridized carbons (Fsp3) is 0.0909. The van der Waals surface area contributed by atoms with Crippen LogP contribution in [0.3, 0.4) is 0 Å². The van der Waals surface area contributed by atoms with Crippen LogP contribution < -0.4 is 10.1 Å². The van der Waals surface area contributed by atoms with Crippen molar-refractivity contribution < 1.29 is 18.3 Å². The predicted molar refractivity (Wildman–Crippen MR) is 103 cm³/mol. The number of pyridine rings is 1. The summed E-state index contributed by atoms with van der Waals surface area (Å²) >= 11 is 0. The molecule has 0 saturated heterocycles. The van der Waals surface area contributed by atoms with E-state index in [0.29, 0.717) is 17.1 Å². The zero-order chi connectivity index (χ0) is 19.9. The van der Waals surface area contributed by atoms with Crippen molar-refractivity contribution >= 4 is 12.0 Å². The summed E-state index contributed by atoms with van der Waals surface area (Å²) in [5, 5.41) is 2.82. The normalized spacial score (nSPS) is 12.0. The van der Waals surface area contributed by atoms with Gasteiger partial charge in [0.25, 0.3) is 0 Å². The number of ether oxygens (including phenoxy) is 1. The molecule has 1 atom stereocenters. The van der Waals surface area contributed by atoms with E-state index in [-0.39, 0.29) is 11.9 Å². The molecule has 1 amide bonds. The summed E-state index contributed by atoms with van der Waals surface area (Å²) in [5.41, 5.74) is 1.25. The lowest BCUT2D eigenvalue weighted by Gasteiger charge is -2.14. The average Bonchev–Trinajstić information content (AvgIpc) is 2.70. The fourth-order valence-electron chi connectivity index (χ4n) is 2.52. The molecule has 3 aromatic rings. The van der Waals surface area contributed by atoms with Gasteiger partial charge in [-0.15, -0.1) is 0 Å². The smallest absolute Gasteiger partial charge is 0.244 e. The average molecular weight is 380 g/mol.